The molecule has 5 nitrogen and oxygen atoms in total. The summed E-state index contributed by atoms with van der Waals surface area (Å²) in [4.78, 5) is 15.4. The highest BCUT2D eigenvalue weighted by atomic mass is 35.5. The number of nitrogens with one attached hydrogen (secondary N) is 2. The molecule has 25 heavy (non-hydrogen) atoms. The molecule has 0 bridgehead atoms. The zero-order valence-electron chi connectivity index (χ0n) is 13.9. The van der Waals surface area contributed by atoms with Gasteiger partial charge in [0, 0.05) is 27.2 Å². The lowest BCUT2D eigenvalue weighted by Crippen LogP contribution is -2.33. The molecule has 6 heteroatoms. The van der Waals surface area contributed by atoms with Crippen molar-refractivity contribution < 1.29 is 9.53 Å². The van der Waals surface area contributed by atoms with Crippen LogP contribution in [0.5, 0.6) is 5.75 Å². The van der Waals surface area contributed by atoms with Gasteiger partial charge in [0.2, 0.25) is 0 Å². The number of fused-ring (bicyclic) bond motifs is 1. The van der Waals surface area contributed by atoms with Crippen molar-refractivity contribution in [2.75, 3.05) is 0 Å². The fourth-order valence-corrected chi connectivity index (χ4v) is 2.61. The third-order valence-electron chi connectivity index (χ3n) is 3.81. The van der Waals surface area contributed by atoms with Gasteiger partial charge in [-0.05, 0) is 44.2 Å². The first kappa shape index (κ1) is 17.0. The number of nitrogens with zero attached hydrogens (tertiary/aromatic N) is 1. The van der Waals surface area contributed by atoms with Crippen molar-refractivity contribution in [1.29, 1.82) is 0 Å². The van der Waals surface area contributed by atoms with E-state index < -0.39 is 6.10 Å². The Morgan fingerprint density at radius 2 is 1.96 bits per heavy atom. The molecular formula is C19H18ClN3O2. The topological polar surface area (TPSA) is 66.5 Å². The quantitative estimate of drug-likeness (QED) is 0.535. The number of hydrogen-bond acceptors (Lipinski definition) is 3. The Hall–Kier alpha value is -2.79. The van der Waals surface area contributed by atoms with Gasteiger partial charge >= 0.3 is 0 Å². The van der Waals surface area contributed by atoms with E-state index >= 15 is 0 Å². The van der Waals surface area contributed by atoms with Crippen LogP contribution in [0.25, 0.3) is 10.9 Å². The summed E-state index contributed by atoms with van der Waals surface area (Å²) in [5.74, 6) is 0.243. The summed E-state index contributed by atoms with van der Waals surface area (Å²) in [5.41, 5.74) is 5.48. The lowest BCUT2D eigenvalue weighted by molar-refractivity contribution is -0.127. The van der Waals surface area contributed by atoms with E-state index in [-0.39, 0.29) is 5.91 Å². The van der Waals surface area contributed by atoms with Gasteiger partial charge in [-0.3, -0.25) is 4.79 Å². The number of aryl methyl sites for hydroxylation is 1. The average Bonchev–Trinajstić information content (AvgIpc) is 2.92. The van der Waals surface area contributed by atoms with Crippen LogP contribution >= 0.6 is 11.6 Å². The van der Waals surface area contributed by atoms with Crippen molar-refractivity contribution in [3.8, 4) is 5.75 Å². The molecule has 0 aliphatic carbocycles. The number of carbonyl (C=O) groups is 1. The van der Waals surface area contributed by atoms with Gasteiger partial charge < -0.3 is 9.72 Å². The molecule has 0 spiro atoms. The smallest absolute Gasteiger partial charge is 0.280 e. The minimum Gasteiger partial charge on any atom is -0.481 e. The largest absolute Gasteiger partial charge is 0.481 e. The third-order valence-corrected chi connectivity index (χ3v) is 4.06. The van der Waals surface area contributed by atoms with Crippen molar-refractivity contribution >= 4 is 34.6 Å². The van der Waals surface area contributed by atoms with Crippen LogP contribution in [0.2, 0.25) is 5.02 Å². The van der Waals surface area contributed by atoms with Crippen molar-refractivity contribution in [3.05, 3.63) is 64.8 Å². The predicted molar refractivity (Wildman–Crippen MR) is 100 cm³/mol. The summed E-state index contributed by atoms with van der Waals surface area (Å²) in [5, 5.41) is 5.73. The fraction of sp³-hybridized carbons (Fsp3) is 0.158. The first-order valence-electron chi connectivity index (χ1n) is 7.87. The maximum atomic E-state index is 12.1. The predicted octanol–water partition coefficient (Wildman–Crippen LogP) is 4.05. The second kappa shape index (κ2) is 7.40. The van der Waals surface area contributed by atoms with E-state index in [0.717, 1.165) is 22.2 Å². The van der Waals surface area contributed by atoms with Crippen molar-refractivity contribution in [1.82, 2.24) is 10.4 Å². The van der Waals surface area contributed by atoms with Gasteiger partial charge in [-0.15, -0.1) is 0 Å². The maximum absolute atomic E-state index is 12.1. The van der Waals surface area contributed by atoms with E-state index in [2.05, 4.69) is 15.5 Å². The molecule has 1 atom stereocenters. The third kappa shape index (κ3) is 4.00. The summed E-state index contributed by atoms with van der Waals surface area (Å²) in [6.07, 6.45) is 0.962. The van der Waals surface area contributed by atoms with E-state index in [4.69, 9.17) is 16.3 Å². The van der Waals surface area contributed by atoms with Gasteiger partial charge in [0.15, 0.2) is 6.10 Å². The zero-order chi connectivity index (χ0) is 17.8. The van der Waals surface area contributed by atoms with Crippen LogP contribution < -0.4 is 10.2 Å². The molecule has 2 N–H and O–H groups in total. The molecule has 1 aromatic heterocycles. The number of hydrogen-bond donors (Lipinski definition) is 2. The lowest BCUT2D eigenvalue weighted by atomic mass is 10.1. The Labute approximate surface area is 150 Å². The Kier molecular flexibility index (Phi) is 5.05. The molecule has 3 rings (SSSR count). The maximum Gasteiger partial charge on any atom is 0.280 e. The molecule has 0 saturated carbocycles. The van der Waals surface area contributed by atoms with Crippen molar-refractivity contribution in [3.63, 3.8) is 0 Å². The molecule has 1 amide bonds. The number of para-hydroxylation sites is 1. The van der Waals surface area contributed by atoms with Crippen LogP contribution in [-0.2, 0) is 4.79 Å². The SMILES string of the molecule is Cc1[nH]c2ccccc2c1/C=N\NC(=O)[C@@H](C)Oc1ccc(Cl)cc1. The number of H-pyrrole nitrogens is 1. The minimum absolute atomic E-state index is 0.330. The second-order valence-corrected chi connectivity index (χ2v) is 6.09. The summed E-state index contributed by atoms with van der Waals surface area (Å²) in [6, 6.07) is 14.8. The lowest BCUT2D eigenvalue weighted by Gasteiger charge is -2.12. The van der Waals surface area contributed by atoms with Gasteiger partial charge in [0.05, 0.1) is 6.21 Å². The van der Waals surface area contributed by atoms with Gasteiger partial charge in [-0.1, -0.05) is 29.8 Å². The molecule has 128 valence electrons. The van der Waals surface area contributed by atoms with Crippen LogP contribution in [0.4, 0.5) is 0 Å². The summed E-state index contributed by atoms with van der Waals surface area (Å²) < 4.78 is 5.56. The van der Waals surface area contributed by atoms with Gasteiger partial charge in [-0.2, -0.15) is 5.10 Å². The molecule has 0 fully saturated rings. The monoisotopic (exact) mass is 355 g/mol. The fourth-order valence-electron chi connectivity index (χ4n) is 2.49. The Bertz CT molecular complexity index is 916. The van der Waals surface area contributed by atoms with E-state index in [9.17, 15) is 4.79 Å². The molecule has 0 aliphatic heterocycles. The number of rotatable bonds is 5. The second-order valence-electron chi connectivity index (χ2n) is 5.66. The van der Waals surface area contributed by atoms with Gasteiger partial charge in [0.1, 0.15) is 5.75 Å². The number of aromatic nitrogens is 1. The molecule has 3 aromatic rings. The van der Waals surface area contributed by atoms with Gasteiger partial charge in [0.25, 0.3) is 5.91 Å². The van der Waals surface area contributed by atoms with Crippen LogP contribution in [0.3, 0.4) is 0 Å². The molecular weight excluding hydrogens is 338 g/mol. The highest BCUT2D eigenvalue weighted by Crippen LogP contribution is 2.20. The summed E-state index contributed by atoms with van der Waals surface area (Å²) in [7, 11) is 0. The first-order chi connectivity index (χ1) is 12.0. The zero-order valence-corrected chi connectivity index (χ0v) is 14.7. The Morgan fingerprint density at radius 1 is 1.24 bits per heavy atom. The first-order valence-corrected chi connectivity index (χ1v) is 8.25. The highest BCUT2D eigenvalue weighted by molar-refractivity contribution is 6.30. The molecule has 0 unspecified atom stereocenters. The number of amides is 1. The van der Waals surface area contributed by atoms with Crippen molar-refractivity contribution in [2.24, 2.45) is 5.10 Å². The van der Waals surface area contributed by atoms with Crippen LogP contribution in [0.1, 0.15) is 18.2 Å². The molecule has 2 aromatic carbocycles. The summed E-state index contributed by atoms with van der Waals surface area (Å²) in [6.45, 7) is 3.63. The Morgan fingerprint density at radius 3 is 2.72 bits per heavy atom. The van der Waals surface area contributed by atoms with E-state index in [1.165, 1.54) is 0 Å². The van der Waals surface area contributed by atoms with E-state index in [0.29, 0.717) is 10.8 Å². The average molecular weight is 356 g/mol. The van der Waals surface area contributed by atoms with Crippen molar-refractivity contribution in [2.45, 2.75) is 20.0 Å². The number of benzene rings is 2. The minimum atomic E-state index is -0.678. The molecule has 0 aliphatic rings. The number of halogens is 1. The van der Waals surface area contributed by atoms with Gasteiger partial charge in [-0.25, -0.2) is 5.43 Å². The number of hydrazone groups is 1. The standard InChI is InChI=1S/C19H18ClN3O2/c1-12-17(16-5-3-4-6-18(16)22-12)11-21-23-19(24)13(2)25-15-9-7-14(20)8-10-15/h3-11,13,22H,1-2H3,(H,23,24)/b21-11-/t13-/m1/s1. The number of ether oxygens (including phenoxy) is 1. The number of carbonyl (C=O) groups excluding carboxylic acids is 1. The van der Waals surface area contributed by atoms with Crippen LogP contribution in [0, 0.1) is 6.92 Å². The molecule has 1 heterocycles. The highest BCUT2D eigenvalue weighted by Gasteiger charge is 2.14. The summed E-state index contributed by atoms with van der Waals surface area (Å²) >= 11 is 5.83. The molecule has 0 radical (unpaired) electrons. The number of aromatic amines is 1. The van der Waals surface area contributed by atoms with Crippen LogP contribution in [-0.4, -0.2) is 23.2 Å². The van der Waals surface area contributed by atoms with Crippen LogP contribution in [0.15, 0.2) is 53.6 Å². The molecule has 0 saturated heterocycles. The van der Waals surface area contributed by atoms with E-state index in [1.54, 1.807) is 37.4 Å². The normalized spacial score (nSPS) is 12.4. The van der Waals surface area contributed by atoms with E-state index in [1.807, 2.05) is 31.2 Å². The Balaban J connectivity index is 1.63.